The lowest BCUT2D eigenvalue weighted by atomic mass is 10.0. The van der Waals surface area contributed by atoms with E-state index in [0.717, 1.165) is 22.4 Å². The van der Waals surface area contributed by atoms with Crippen molar-refractivity contribution in [3.63, 3.8) is 0 Å². The van der Waals surface area contributed by atoms with E-state index in [4.69, 9.17) is 4.74 Å². The number of rotatable bonds is 6. The summed E-state index contributed by atoms with van der Waals surface area (Å²) in [6.07, 6.45) is -0.476. The Bertz CT molecular complexity index is 667. The molecular weight excluding hydrogens is 306 g/mol. The van der Waals surface area contributed by atoms with Gasteiger partial charge in [0.05, 0.1) is 19.3 Å². The second kappa shape index (κ2) is 7.61. The molecule has 2 rings (SSSR count). The Morgan fingerprint density at radius 1 is 1.17 bits per heavy atom. The number of aliphatic hydroxyl groups excluding tert-OH is 1. The Labute approximate surface area is 138 Å². The molecule has 0 spiro atoms. The normalized spacial score (nSPS) is 12.9. The average molecular weight is 331 g/mol. The molecular formula is C18H25NO3Si. The van der Waals surface area contributed by atoms with Gasteiger partial charge < -0.3 is 15.2 Å². The molecule has 2 N–H and O–H groups in total. The lowest BCUT2D eigenvalue weighted by molar-refractivity contribution is 0.140. The zero-order valence-electron chi connectivity index (χ0n) is 14.0. The fraction of sp³-hybridized carbons (Fsp3) is 0.389. The third kappa shape index (κ3) is 5.37. The van der Waals surface area contributed by atoms with Gasteiger partial charge >= 0.3 is 6.09 Å². The zero-order valence-corrected chi connectivity index (χ0v) is 15.0. The van der Waals surface area contributed by atoms with E-state index in [2.05, 4.69) is 25.0 Å². The van der Waals surface area contributed by atoms with Crippen molar-refractivity contribution in [3.8, 4) is 0 Å². The highest BCUT2D eigenvalue weighted by atomic mass is 28.3. The molecule has 0 radical (unpaired) electrons. The third-order valence-corrected chi connectivity index (χ3v) is 5.44. The van der Waals surface area contributed by atoms with E-state index in [9.17, 15) is 9.90 Å². The van der Waals surface area contributed by atoms with Crippen molar-refractivity contribution in [2.45, 2.75) is 31.7 Å². The van der Waals surface area contributed by atoms with E-state index in [0.29, 0.717) is 6.61 Å². The Hall–Kier alpha value is -1.85. The van der Waals surface area contributed by atoms with Crippen LogP contribution in [0, 0.1) is 0 Å². The second-order valence-electron chi connectivity index (χ2n) is 6.93. The van der Waals surface area contributed by atoms with Gasteiger partial charge in [-0.15, -0.1) is 0 Å². The molecule has 0 fully saturated rings. The molecule has 0 bridgehead atoms. The van der Waals surface area contributed by atoms with Crippen LogP contribution in [-0.2, 0) is 4.74 Å². The molecule has 2 aromatic rings. The van der Waals surface area contributed by atoms with Crippen molar-refractivity contribution in [1.29, 1.82) is 0 Å². The van der Waals surface area contributed by atoms with Crippen LogP contribution < -0.4 is 5.32 Å². The van der Waals surface area contributed by atoms with Gasteiger partial charge in [0.1, 0.15) is 0 Å². The van der Waals surface area contributed by atoms with Crippen LogP contribution in [0.5, 0.6) is 0 Å². The van der Waals surface area contributed by atoms with Crippen molar-refractivity contribution in [1.82, 2.24) is 5.32 Å². The predicted molar refractivity (Wildman–Crippen MR) is 96.4 cm³/mol. The van der Waals surface area contributed by atoms with E-state index >= 15 is 0 Å². The summed E-state index contributed by atoms with van der Waals surface area (Å²) in [5, 5.41) is 14.5. The number of amides is 1. The molecule has 1 amide bonds. The topological polar surface area (TPSA) is 58.6 Å². The van der Waals surface area contributed by atoms with Gasteiger partial charge in [0, 0.05) is 8.07 Å². The largest absolute Gasteiger partial charge is 0.450 e. The van der Waals surface area contributed by atoms with Gasteiger partial charge in [0.25, 0.3) is 0 Å². The molecule has 2 aromatic carbocycles. The summed E-state index contributed by atoms with van der Waals surface area (Å²) in [6.45, 7) is 6.97. The Kier molecular flexibility index (Phi) is 5.79. The first-order valence-electron chi connectivity index (χ1n) is 7.92. The van der Waals surface area contributed by atoms with Crippen LogP contribution in [0.4, 0.5) is 4.79 Å². The monoisotopic (exact) mass is 331 g/mol. The number of carbonyl (C=O) groups excluding carboxylic acids is 1. The fourth-order valence-corrected chi connectivity index (χ4v) is 3.01. The fourth-order valence-electron chi connectivity index (χ4n) is 2.29. The van der Waals surface area contributed by atoms with Gasteiger partial charge in [-0.05, 0) is 28.4 Å². The van der Waals surface area contributed by atoms with Crippen molar-refractivity contribution in [2.24, 2.45) is 0 Å². The number of carbonyl (C=O) groups is 1. The van der Waals surface area contributed by atoms with Gasteiger partial charge in [-0.25, -0.2) is 4.79 Å². The van der Waals surface area contributed by atoms with Gasteiger partial charge in [-0.2, -0.15) is 0 Å². The number of hydrogen-bond acceptors (Lipinski definition) is 3. The summed E-state index contributed by atoms with van der Waals surface area (Å²) in [4.78, 5) is 11.9. The standard InChI is InChI=1S/C18H25NO3Si/c1-23(2,3)11-10-22-18(21)19-17(13-20)16-9-8-14-6-4-5-7-15(14)12-16/h4-9,12,17,20H,10-11,13H2,1-3H3,(H,19,21)/t17-/m1/s1. The minimum absolute atomic E-state index is 0.165. The average Bonchev–Trinajstić information content (AvgIpc) is 2.51. The third-order valence-electron chi connectivity index (χ3n) is 3.74. The van der Waals surface area contributed by atoms with Crippen LogP contribution in [0.3, 0.4) is 0 Å². The molecule has 1 atom stereocenters. The van der Waals surface area contributed by atoms with Gasteiger partial charge in [0.2, 0.25) is 0 Å². The predicted octanol–water partition coefficient (Wildman–Crippen LogP) is 3.94. The van der Waals surface area contributed by atoms with Crippen LogP contribution in [0.15, 0.2) is 42.5 Å². The van der Waals surface area contributed by atoms with E-state index < -0.39 is 20.2 Å². The maximum atomic E-state index is 11.9. The van der Waals surface area contributed by atoms with Gasteiger partial charge in [-0.1, -0.05) is 56.0 Å². The number of alkyl carbamates (subject to hydrolysis) is 1. The van der Waals surface area contributed by atoms with Crippen LogP contribution in [0.25, 0.3) is 10.8 Å². The molecule has 0 aliphatic carbocycles. The maximum absolute atomic E-state index is 11.9. The molecule has 124 valence electrons. The summed E-state index contributed by atoms with van der Waals surface area (Å²) in [5.74, 6) is 0. The van der Waals surface area contributed by atoms with Crippen LogP contribution in [-0.4, -0.2) is 32.5 Å². The molecule has 0 aliphatic heterocycles. The first kappa shape index (κ1) is 17.5. The molecule has 4 nitrogen and oxygen atoms in total. The molecule has 0 saturated heterocycles. The van der Waals surface area contributed by atoms with E-state index in [-0.39, 0.29) is 6.61 Å². The first-order valence-corrected chi connectivity index (χ1v) is 11.6. The number of fused-ring (bicyclic) bond motifs is 1. The highest BCUT2D eigenvalue weighted by molar-refractivity contribution is 6.76. The summed E-state index contributed by atoms with van der Waals surface area (Å²) in [7, 11) is -1.22. The highest BCUT2D eigenvalue weighted by Gasteiger charge is 2.17. The number of aliphatic hydroxyl groups is 1. The van der Waals surface area contributed by atoms with Crippen LogP contribution in [0.1, 0.15) is 11.6 Å². The van der Waals surface area contributed by atoms with Gasteiger partial charge in [0.15, 0.2) is 0 Å². The van der Waals surface area contributed by atoms with Crippen molar-refractivity contribution < 1.29 is 14.6 Å². The molecule has 0 saturated carbocycles. The Morgan fingerprint density at radius 3 is 2.52 bits per heavy atom. The number of hydrogen-bond donors (Lipinski definition) is 2. The highest BCUT2D eigenvalue weighted by Crippen LogP contribution is 2.20. The molecule has 0 aromatic heterocycles. The minimum atomic E-state index is -1.22. The summed E-state index contributed by atoms with van der Waals surface area (Å²) in [5.41, 5.74) is 0.869. The number of benzene rings is 2. The quantitative estimate of drug-likeness (QED) is 0.788. The Balaban J connectivity index is 1.99. The van der Waals surface area contributed by atoms with E-state index in [1.54, 1.807) is 0 Å². The van der Waals surface area contributed by atoms with E-state index in [1.165, 1.54) is 0 Å². The second-order valence-corrected chi connectivity index (χ2v) is 12.6. The lowest BCUT2D eigenvalue weighted by Crippen LogP contribution is -2.32. The number of ether oxygens (including phenoxy) is 1. The van der Waals surface area contributed by atoms with Crippen molar-refractivity contribution in [2.75, 3.05) is 13.2 Å². The Morgan fingerprint density at radius 2 is 1.87 bits per heavy atom. The maximum Gasteiger partial charge on any atom is 0.407 e. The molecule has 0 heterocycles. The lowest BCUT2D eigenvalue weighted by Gasteiger charge is -2.19. The first-order chi connectivity index (χ1) is 10.9. The van der Waals surface area contributed by atoms with E-state index in [1.807, 2.05) is 42.5 Å². The van der Waals surface area contributed by atoms with Crippen LogP contribution in [0.2, 0.25) is 25.7 Å². The smallest absolute Gasteiger partial charge is 0.407 e. The summed E-state index contributed by atoms with van der Waals surface area (Å²) < 4.78 is 5.23. The summed E-state index contributed by atoms with van der Waals surface area (Å²) in [6, 6.07) is 14.4. The SMILES string of the molecule is C[Si](C)(C)CCOC(=O)N[C@H](CO)c1ccc2ccccc2c1. The van der Waals surface area contributed by atoms with Crippen molar-refractivity contribution in [3.05, 3.63) is 48.0 Å². The molecule has 23 heavy (non-hydrogen) atoms. The molecule has 5 heteroatoms. The zero-order chi connectivity index (χ0) is 16.9. The van der Waals surface area contributed by atoms with Crippen molar-refractivity contribution >= 4 is 24.9 Å². The number of nitrogens with one attached hydrogen (secondary N) is 1. The molecule has 0 unspecified atom stereocenters. The van der Waals surface area contributed by atoms with Crippen LogP contribution >= 0.6 is 0 Å². The molecule has 0 aliphatic rings. The van der Waals surface area contributed by atoms with Gasteiger partial charge in [-0.3, -0.25) is 0 Å². The summed E-state index contributed by atoms with van der Waals surface area (Å²) >= 11 is 0. The minimum Gasteiger partial charge on any atom is -0.450 e.